The van der Waals surface area contributed by atoms with Crippen molar-refractivity contribution in [2.24, 2.45) is 13.0 Å². The number of fused-ring (bicyclic) bond motifs is 3. The standard InChI is InChI=1S/C22H23FN4O3S/c1-26-11-21(24-13-26)31(29,30)27-9-8-16-20(12-28)25-19-7-6-14(10-17(19)22(16)27)15-4-2-3-5-18(15)23/h2-7,10-11,13,16,20,22,25,28H,8-9,12H2,1H3/t16-,20-,22-/m1/s1. The second-order valence-electron chi connectivity index (χ2n) is 8.11. The summed E-state index contributed by atoms with van der Waals surface area (Å²) in [5.74, 6) is -0.438. The maximum atomic E-state index is 14.4. The third-order valence-electron chi connectivity index (χ3n) is 6.26. The largest absolute Gasteiger partial charge is 0.394 e. The van der Waals surface area contributed by atoms with Gasteiger partial charge in [0.15, 0.2) is 5.03 Å². The molecule has 2 aliphatic rings. The summed E-state index contributed by atoms with van der Waals surface area (Å²) in [4.78, 5) is 4.06. The summed E-state index contributed by atoms with van der Waals surface area (Å²) < 4.78 is 44.3. The fraction of sp³-hybridized carbons (Fsp3) is 0.318. The first-order valence-corrected chi connectivity index (χ1v) is 11.6. The summed E-state index contributed by atoms with van der Waals surface area (Å²) in [6, 6.07) is 11.3. The Hall–Kier alpha value is -2.75. The monoisotopic (exact) mass is 442 g/mol. The lowest BCUT2D eigenvalue weighted by Crippen LogP contribution is -2.42. The summed E-state index contributed by atoms with van der Waals surface area (Å²) in [7, 11) is -2.11. The molecule has 2 aromatic carbocycles. The van der Waals surface area contributed by atoms with Crippen molar-refractivity contribution in [3.05, 3.63) is 66.4 Å². The van der Waals surface area contributed by atoms with Crippen LogP contribution in [0, 0.1) is 11.7 Å². The average molecular weight is 443 g/mol. The number of aromatic nitrogens is 2. The Morgan fingerprint density at radius 2 is 2.06 bits per heavy atom. The van der Waals surface area contributed by atoms with Crippen molar-refractivity contribution in [3.63, 3.8) is 0 Å². The zero-order chi connectivity index (χ0) is 21.8. The van der Waals surface area contributed by atoms with Crippen molar-refractivity contribution in [2.45, 2.75) is 23.5 Å². The molecule has 1 fully saturated rings. The average Bonchev–Trinajstić information content (AvgIpc) is 3.41. The van der Waals surface area contributed by atoms with E-state index in [2.05, 4.69) is 10.3 Å². The molecule has 0 radical (unpaired) electrons. The highest BCUT2D eigenvalue weighted by Gasteiger charge is 2.49. The quantitative estimate of drug-likeness (QED) is 0.649. The number of aliphatic hydroxyl groups is 1. The number of hydrogen-bond acceptors (Lipinski definition) is 5. The fourth-order valence-electron chi connectivity index (χ4n) is 4.80. The molecular formula is C22H23FN4O3S. The topological polar surface area (TPSA) is 87.5 Å². The molecule has 5 rings (SSSR count). The molecular weight excluding hydrogens is 419 g/mol. The molecule has 31 heavy (non-hydrogen) atoms. The number of sulfonamides is 1. The third kappa shape index (κ3) is 3.24. The molecule has 2 aliphatic heterocycles. The molecule has 0 bridgehead atoms. The fourth-order valence-corrected chi connectivity index (χ4v) is 6.43. The predicted octanol–water partition coefficient (Wildman–Crippen LogP) is 2.76. The van der Waals surface area contributed by atoms with Crippen LogP contribution in [0.2, 0.25) is 0 Å². The van der Waals surface area contributed by atoms with E-state index in [-0.39, 0.29) is 29.4 Å². The van der Waals surface area contributed by atoms with Gasteiger partial charge in [0.25, 0.3) is 10.0 Å². The van der Waals surface area contributed by atoms with Crippen LogP contribution < -0.4 is 5.32 Å². The van der Waals surface area contributed by atoms with Gasteiger partial charge in [0.2, 0.25) is 0 Å². The highest BCUT2D eigenvalue weighted by molar-refractivity contribution is 7.89. The van der Waals surface area contributed by atoms with Crippen LogP contribution in [-0.4, -0.2) is 46.6 Å². The number of nitrogens with zero attached hydrogens (tertiary/aromatic N) is 3. The van der Waals surface area contributed by atoms with Crippen LogP contribution in [0.1, 0.15) is 18.0 Å². The molecule has 162 valence electrons. The van der Waals surface area contributed by atoms with Gasteiger partial charge in [-0.15, -0.1) is 0 Å². The lowest BCUT2D eigenvalue weighted by Gasteiger charge is -2.38. The Bertz CT molecular complexity index is 1240. The van der Waals surface area contributed by atoms with Crippen molar-refractivity contribution in [1.29, 1.82) is 0 Å². The predicted molar refractivity (Wildman–Crippen MR) is 114 cm³/mol. The number of rotatable bonds is 4. The third-order valence-corrected chi connectivity index (χ3v) is 8.03. The maximum Gasteiger partial charge on any atom is 0.262 e. The van der Waals surface area contributed by atoms with Gasteiger partial charge in [-0.3, -0.25) is 0 Å². The summed E-state index contributed by atoms with van der Waals surface area (Å²) in [6.45, 7) is 0.225. The van der Waals surface area contributed by atoms with Gasteiger partial charge >= 0.3 is 0 Å². The van der Waals surface area contributed by atoms with E-state index >= 15 is 0 Å². The number of halogens is 1. The SMILES string of the molecule is Cn1cnc(S(=O)(=O)N2CC[C@@H]3[C@@H](CO)Nc4ccc(-c5ccccc5F)cc4[C@@H]32)c1. The molecule has 0 aliphatic carbocycles. The molecule has 0 amide bonds. The van der Waals surface area contributed by atoms with Crippen LogP contribution in [0.15, 0.2) is 60.0 Å². The van der Waals surface area contributed by atoms with Gasteiger partial charge in [-0.25, -0.2) is 17.8 Å². The molecule has 7 nitrogen and oxygen atoms in total. The number of imidazole rings is 1. The highest BCUT2D eigenvalue weighted by atomic mass is 32.2. The molecule has 3 heterocycles. The summed E-state index contributed by atoms with van der Waals surface area (Å²) >= 11 is 0. The zero-order valence-electron chi connectivity index (χ0n) is 16.9. The van der Waals surface area contributed by atoms with Gasteiger partial charge in [0.1, 0.15) is 5.82 Å². The van der Waals surface area contributed by atoms with Crippen molar-refractivity contribution in [2.75, 3.05) is 18.5 Å². The van der Waals surface area contributed by atoms with E-state index in [1.165, 1.54) is 22.9 Å². The van der Waals surface area contributed by atoms with E-state index in [1.54, 1.807) is 29.8 Å². The molecule has 0 spiro atoms. The molecule has 1 saturated heterocycles. The van der Waals surface area contributed by atoms with E-state index in [0.717, 1.165) is 11.3 Å². The molecule has 0 unspecified atom stereocenters. The van der Waals surface area contributed by atoms with Gasteiger partial charge in [0, 0.05) is 37.0 Å². The molecule has 3 aromatic rings. The first-order valence-electron chi connectivity index (χ1n) is 10.2. The Balaban J connectivity index is 1.63. The zero-order valence-corrected chi connectivity index (χ0v) is 17.8. The lowest BCUT2D eigenvalue weighted by molar-refractivity contribution is 0.210. The van der Waals surface area contributed by atoms with E-state index in [1.807, 2.05) is 18.2 Å². The molecule has 9 heteroatoms. The van der Waals surface area contributed by atoms with Crippen LogP contribution >= 0.6 is 0 Å². The first-order chi connectivity index (χ1) is 14.9. The Morgan fingerprint density at radius 1 is 1.26 bits per heavy atom. The minimum absolute atomic E-state index is 0.00143. The minimum Gasteiger partial charge on any atom is -0.394 e. The van der Waals surface area contributed by atoms with E-state index in [0.29, 0.717) is 24.1 Å². The second kappa shape index (κ2) is 7.44. The van der Waals surface area contributed by atoms with Crippen molar-refractivity contribution in [1.82, 2.24) is 13.9 Å². The maximum absolute atomic E-state index is 14.4. The van der Waals surface area contributed by atoms with E-state index in [4.69, 9.17) is 0 Å². The normalized spacial score (nSPS) is 23.3. The second-order valence-corrected chi connectivity index (χ2v) is 9.94. The van der Waals surface area contributed by atoms with Crippen molar-refractivity contribution >= 4 is 15.7 Å². The minimum atomic E-state index is -3.83. The smallest absolute Gasteiger partial charge is 0.262 e. The molecule has 1 aromatic heterocycles. The Labute approximate surface area is 180 Å². The molecule has 3 atom stereocenters. The molecule has 0 saturated carbocycles. The van der Waals surface area contributed by atoms with Gasteiger partial charge in [-0.2, -0.15) is 4.31 Å². The van der Waals surface area contributed by atoms with Gasteiger partial charge in [0.05, 0.1) is 25.0 Å². The number of aliphatic hydroxyl groups excluding tert-OH is 1. The number of hydrogen-bond donors (Lipinski definition) is 2. The number of aryl methyl sites for hydroxylation is 1. The van der Waals surface area contributed by atoms with Crippen LogP contribution in [0.3, 0.4) is 0 Å². The Morgan fingerprint density at radius 3 is 2.77 bits per heavy atom. The Kier molecular flexibility index (Phi) is 4.84. The van der Waals surface area contributed by atoms with Gasteiger partial charge < -0.3 is 15.0 Å². The van der Waals surface area contributed by atoms with Crippen LogP contribution in [0.25, 0.3) is 11.1 Å². The van der Waals surface area contributed by atoms with Crippen LogP contribution in [0.4, 0.5) is 10.1 Å². The number of anilines is 1. The highest BCUT2D eigenvalue weighted by Crippen LogP contribution is 2.49. The van der Waals surface area contributed by atoms with Crippen LogP contribution in [-0.2, 0) is 17.1 Å². The summed E-state index contributed by atoms with van der Waals surface area (Å²) in [5, 5.41) is 13.3. The lowest BCUT2D eigenvalue weighted by atomic mass is 9.82. The van der Waals surface area contributed by atoms with E-state index in [9.17, 15) is 17.9 Å². The number of nitrogens with one attached hydrogen (secondary N) is 1. The molecule has 2 N–H and O–H groups in total. The van der Waals surface area contributed by atoms with Crippen molar-refractivity contribution < 1.29 is 17.9 Å². The van der Waals surface area contributed by atoms with Crippen molar-refractivity contribution in [3.8, 4) is 11.1 Å². The van der Waals surface area contributed by atoms with E-state index < -0.39 is 16.1 Å². The summed E-state index contributed by atoms with van der Waals surface area (Å²) in [6.07, 6.45) is 3.56. The number of benzene rings is 2. The van der Waals surface area contributed by atoms with Gasteiger partial charge in [-0.1, -0.05) is 24.3 Å². The summed E-state index contributed by atoms with van der Waals surface area (Å²) in [5.41, 5.74) is 2.68. The van der Waals surface area contributed by atoms with Gasteiger partial charge in [-0.05, 0) is 35.7 Å². The van der Waals surface area contributed by atoms with Crippen LogP contribution in [0.5, 0.6) is 0 Å². The first kappa shape index (κ1) is 20.2.